The number of fused-ring (bicyclic) bond motifs is 1. The van der Waals surface area contributed by atoms with Gasteiger partial charge in [0.2, 0.25) is 0 Å². The molecule has 2 saturated carbocycles. The maximum Gasteiger partial charge on any atom is -0.0143 e. The number of aryl methyl sites for hydroxylation is 1. The average Bonchev–Trinajstić information content (AvgIpc) is 3.67. The van der Waals surface area contributed by atoms with Gasteiger partial charge in [-0.15, -0.1) is 0 Å². The Balaban J connectivity index is 1.63. The molecule has 0 heterocycles. The fraction of sp³-hybridized carbons (Fsp3) is 0.737. The highest BCUT2D eigenvalue weighted by Gasteiger charge is 2.31. The molecule has 4 rings (SSSR count). The van der Waals surface area contributed by atoms with E-state index in [2.05, 4.69) is 38.1 Å². The fourth-order valence-electron chi connectivity index (χ4n) is 8.04. The summed E-state index contributed by atoms with van der Waals surface area (Å²) in [7, 11) is 0. The molecule has 2 fully saturated rings. The van der Waals surface area contributed by atoms with E-state index in [-0.39, 0.29) is 0 Å². The van der Waals surface area contributed by atoms with E-state index in [9.17, 15) is 0 Å². The molecule has 212 valence electrons. The minimum atomic E-state index is 0.816. The zero-order valence-electron chi connectivity index (χ0n) is 25.4. The van der Waals surface area contributed by atoms with Crippen molar-refractivity contribution in [3.63, 3.8) is 0 Å². The first-order valence-corrected chi connectivity index (χ1v) is 17.4. The van der Waals surface area contributed by atoms with Gasteiger partial charge < -0.3 is 0 Å². The maximum atomic E-state index is 2.52. The summed E-state index contributed by atoms with van der Waals surface area (Å²) in [6, 6.07) is 9.71. The fourth-order valence-corrected chi connectivity index (χ4v) is 8.04. The number of hydrogen-bond donors (Lipinski definition) is 0. The Morgan fingerprint density at radius 2 is 0.895 bits per heavy atom. The highest BCUT2D eigenvalue weighted by atomic mass is 14.4. The molecule has 2 aliphatic rings. The van der Waals surface area contributed by atoms with Gasteiger partial charge in [-0.25, -0.2) is 0 Å². The van der Waals surface area contributed by atoms with Crippen LogP contribution >= 0.6 is 0 Å². The van der Waals surface area contributed by atoms with E-state index in [4.69, 9.17) is 0 Å². The summed E-state index contributed by atoms with van der Waals surface area (Å²) < 4.78 is 0. The van der Waals surface area contributed by atoms with E-state index >= 15 is 0 Å². The average molecular weight is 517 g/mol. The van der Waals surface area contributed by atoms with Gasteiger partial charge in [0.25, 0.3) is 0 Å². The van der Waals surface area contributed by atoms with Gasteiger partial charge in [0.05, 0.1) is 0 Å². The van der Waals surface area contributed by atoms with Crippen molar-refractivity contribution in [2.45, 2.75) is 180 Å². The number of unbranched alkanes of at least 4 members (excludes halogenated alkanes) is 12. The van der Waals surface area contributed by atoms with Crippen LogP contribution in [0.5, 0.6) is 0 Å². The Labute approximate surface area is 236 Å². The minimum absolute atomic E-state index is 0.816. The molecular formula is C38H60. The Bertz CT molecular complexity index is 925. The third-order valence-electron chi connectivity index (χ3n) is 10.1. The Morgan fingerprint density at radius 3 is 1.42 bits per heavy atom. The molecule has 0 nitrogen and oxygen atoms in total. The second-order valence-corrected chi connectivity index (χ2v) is 13.0. The van der Waals surface area contributed by atoms with Crippen molar-refractivity contribution >= 4 is 10.8 Å². The van der Waals surface area contributed by atoms with Crippen molar-refractivity contribution in [3.8, 4) is 0 Å². The van der Waals surface area contributed by atoms with Crippen molar-refractivity contribution < 1.29 is 0 Å². The topological polar surface area (TPSA) is 0 Å². The van der Waals surface area contributed by atoms with Gasteiger partial charge in [0, 0.05) is 0 Å². The normalized spacial score (nSPS) is 16.8. The van der Waals surface area contributed by atoms with Crippen LogP contribution in [-0.4, -0.2) is 0 Å². The third kappa shape index (κ3) is 8.11. The Kier molecular flexibility index (Phi) is 13.1. The highest BCUT2D eigenvalue weighted by Crippen LogP contribution is 2.48. The lowest BCUT2D eigenvalue weighted by Crippen LogP contribution is -2.12. The zero-order valence-corrected chi connectivity index (χ0v) is 25.4. The zero-order chi connectivity index (χ0) is 26.4. The van der Waals surface area contributed by atoms with Crippen molar-refractivity contribution in [1.82, 2.24) is 0 Å². The lowest BCUT2D eigenvalue weighted by atomic mass is 9.75. The van der Waals surface area contributed by atoms with Gasteiger partial charge in [-0.3, -0.25) is 0 Å². The van der Waals surface area contributed by atoms with Gasteiger partial charge in [-0.05, 0) is 96.2 Å². The highest BCUT2D eigenvalue weighted by molar-refractivity contribution is 5.92. The summed E-state index contributed by atoms with van der Waals surface area (Å²) in [6.07, 6.45) is 34.0. The first-order valence-electron chi connectivity index (χ1n) is 17.4. The van der Waals surface area contributed by atoms with Crippen molar-refractivity contribution in [2.24, 2.45) is 0 Å². The summed E-state index contributed by atoms with van der Waals surface area (Å²) in [4.78, 5) is 0. The summed E-state index contributed by atoms with van der Waals surface area (Å²) in [5.41, 5.74) is 7.38. The van der Waals surface area contributed by atoms with E-state index in [1.54, 1.807) is 16.3 Å². The lowest BCUT2D eigenvalue weighted by Gasteiger charge is -2.29. The molecule has 0 unspecified atom stereocenters. The molecular weight excluding hydrogens is 456 g/mol. The van der Waals surface area contributed by atoms with Gasteiger partial charge in [-0.1, -0.05) is 141 Å². The summed E-state index contributed by atoms with van der Waals surface area (Å²) in [5.74, 6) is 1.65. The van der Waals surface area contributed by atoms with Gasteiger partial charge in [0.15, 0.2) is 0 Å². The summed E-state index contributed by atoms with van der Waals surface area (Å²) >= 11 is 0. The largest absolute Gasteiger partial charge is 0.0654 e. The van der Waals surface area contributed by atoms with Crippen molar-refractivity contribution in [2.75, 3.05) is 0 Å². The second kappa shape index (κ2) is 16.7. The molecule has 0 spiro atoms. The van der Waals surface area contributed by atoms with Crippen LogP contribution in [0.4, 0.5) is 0 Å². The predicted molar refractivity (Wildman–Crippen MR) is 170 cm³/mol. The van der Waals surface area contributed by atoms with Crippen molar-refractivity contribution in [1.29, 1.82) is 0 Å². The van der Waals surface area contributed by atoms with Crippen LogP contribution in [0.15, 0.2) is 24.3 Å². The Hall–Kier alpha value is -1.30. The molecule has 0 bridgehead atoms. The molecule has 2 aromatic carbocycles. The number of hydrogen-bond acceptors (Lipinski definition) is 0. The first-order chi connectivity index (χ1) is 18.8. The molecule has 0 radical (unpaired) electrons. The smallest absolute Gasteiger partial charge is 0.0143 e. The molecule has 0 atom stereocenters. The quantitative estimate of drug-likeness (QED) is 0.173. The standard InChI is InChI=1S/C38H60/c1-3-5-7-9-11-13-15-27-33-34-28-21-22-30-36(34)38(32-25-19-20-26-32)37(31-23-17-18-24-31)35(33)29-16-14-12-10-8-6-4-2/h21-22,28,30-32H,3-20,23-27,29H2,1-2H3. The van der Waals surface area contributed by atoms with Crippen LogP contribution in [-0.2, 0) is 12.8 Å². The Morgan fingerprint density at radius 1 is 0.474 bits per heavy atom. The molecule has 0 amide bonds. The summed E-state index contributed by atoms with van der Waals surface area (Å²) in [6.45, 7) is 4.66. The van der Waals surface area contributed by atoms with E-state index in [1.165, 1.54) is 154 Å². The van der Waals surface area contributed by atoms with Crippen LogP contribution < -0.4 is 0 Å². The van der Waals surface area contributed by atoms with Crippen LogP contribution in [0.2, 0.25) is 0 Å². The predicted octanol–water partition coefficient (Wildman–Crippen LogP) is 12.7. The minimum Gasteiger partial charge on any atom is -0.0654 e. The van der Waals surface area contributed by atoms with Crippen LogP contribution in [0.25, 0.3) is 10.8 Å². The van der Waals surface area contributed by atoms with Crippen LogP contribution in [0.1, 0.15) is 189 Å². The van der Waals surface area contributed by atoms with Crippen LogP contribution in [0, 0.1) is 0 Å². The molecule has 0 saturated heterocycles. The van der Waals surface area contributed by atoms with Crippen LogP contribution in [0.3, 0.4) is 0 Å². The van der Waals surface area contributed by atoms with Gasteiger partial charge in [0.1, 0.15) is 0 Å². The van der Waals surface area contributed by atoms with E-state index in [0.29, 0.717) is 0 Å². The SMILES string of the molecule is CCCCCCCCCc1c(C2CCCC2)c(C2CCCC2)c2ccccc2c1CCCCCCCCC. The van der Waals surface area contributed by atoms with Gasteiger partial charge >= 0.3 is 0 Å². The second-order valence-electron chi connectivity index (χ2n) is 13.0. The number of benzene rings is 2. The molecule has 38 heavy (non-hydrogen) atoms. The van der Waals surface area contributed by atoms with E-state index in [0.717, 1.165) is 11.8 Å². The lowest BCUT2D eigenvalue weighted by molar-refractivity contribution is 0.579. The molecule has 2 aliphatic carbocycles. The molecule has 0 aromatic heterocycles. The van der Waals surface area contributed by atoms with E-state index in [1.807, 2.05) is 16.7 Å². The van der Waals surface area contributed by atoms with Gasteiger partial charge in [-0.2, -0.15) is 0 Å². The molecule has 0 aliphatic heterocycles. The summed E-state index contributed by atoms with van der Waals surface area (Å²) in [5, 5.41) is 3.29. The monoisotopic (exact) mass is 516 g/mol. The van der Waals surface area contributed by atoms with Crippen molar-refractivity contribution in [3.05, 3.63) is 46.5 Å². The molecule has 0 heteroatoms. The third-order valence-corrected chi connectivity index (χ3v) is 10.1. The number of rotatable bonds is 18. The van der Waals surface area contributed by atoms with E-state index < -0.39 is 0 Å². The maximum absolute atomic E-state index is 2.52. The molecule has 0 N–H and O–H groups in total. The molecule has 2 aromatic rings. The first kappa shape index (κ1) is 29.7.